The van der Waals surface area contributed by atoms with Gasteiger partial charge in [-0.3, -0.25) is 0 Å². The Bertz CT molecular complexity index is 352. The molecule has 1 aromatic rings. The van der Waals surface area contributed by atoms with Gasteiger partial charge < -0.3 is 10.4 Å². The van der Waals surface area contributed by atoms with Gasteiger partial charge in [0.2, 0.25) is 0 Å². The van der Waals surface area contributed by atoms with Gasteiger partial charge in [-0.15, -0.1) is 0 Å². The number of hydrogen-bond donors (Lipinski definition) is 2. The van der Waals surface area contributed by atoms with Crippen LogP contribution in [-0.2, 0) is 0 Å². The van der Waals surface area contributed by atoms with Crippen LogP contribution in [0.4, 0.5) is 0 Å². The molecule has 0 aliphatic carbocycles. The van der Waals surface area contributed by atoms with E-state index in [1.807, 2.05) is 26.1 Å². The molecule has 1 rings (SSSR count). The van der Waals surface area contributed by atoms with Gasteiger partial charge >= 0.3 is 5.97 Å². The Morgan fingerprint density at radius 3 is 2.71 bits per heavy atom. The molecule has 0 saturated heterocycles. The highest BCUT2D eigenvalue weighted by Gasteiger charge is 2.14. The summed E-state index contributed by atoms with van der Waals surface area (Å²) in [5.41, 5.74) is 1.19. The second kappa shape index (κ2) is 4.75. The summed E-state index contributed by atoms with van der Waals surface area (Å²) in [5.74, 6) is -0.874. The smallest absolute Gasteiger partial charge is 0.336 e. The highest BCUT2D eigenvalue weighted by molar-refractivity contribution is 14.1. The molecule has 14 heavy (non-hydrogen) atoms. The van der Waals surface area contributed by atoms with Crippen molar-refractivity contribution >= 4 is 28.6 Å². The van der Waals surface area contributed by atoms with E-state index in [0.29, 0.717) is 5.56 Å². The lowest BCUT2D eigenvalue weighted by molar-refractivity contribution is 0.0695. The Balaban J connectivity index is 3.21. The number of hydrogen-bond acceptors (Lipinski definition) is 2. The average molecular weight is 305 g/mol. The van der Waals surface area contributed by atoms with Gasteiger partial charge in [0.05, 0.1) is 5.56 Å². The third-order valence-electron chi connectivity index (χ3n) is 2.15. The molecule has 0 aromatic heterocycles. The van der Waals surface area contributed by atoms with Gasteiger partial charge in [0.25, 0.3) is 0 Å². The Hall–Kier alpha value is -0.620. The molecular formula is C10H12INO2. The maximum Gasteiger partial charge on any atom is 0.336 e. The summed E-state index contributed by atoms with van der Waals surface area (Å²) in [6.07, 6.45) is 0. The first-order valence-electron chi connectivity index (χ1n) is 4.26. The second-order valence-corrected chi connectivity index (χ2v) is 4.29. The molecule has 0 heterocycles. The van der Waals surface area contributed by atoms with E-state index in [-0.39, 0.29) is 6.04 Å². The van der Waals surface area contributed by atoms with E-state index in [1.165, 1.54) is 0 Å². The number of aromatic carboxylic acids is 1. The normalized spacial score (nSPS) is 12.5. The van der Waals surface area contributed by atoms with E-state index in [4.69, 9.17) is 5.11 Å². The van der Waals surface area contributed by atoms with Crippen molar-refractivity contribution in [3.8, 4) is 0 Å². The van der Waals surface area contributed by atoms with E-state index >= 15 is 0 Å². The summed E-state index contributed by atoms with van der Waals surface area (Å²) in [4.78, 5) is 11.0. The van der Waals surface area contributed by atoms with Gasteiger partial charge in [-0.05, 0) is 54.3 Å². The lowest BCUT2D eigenvalue weighted by atomic mass is 10.0. The topological polar surface area (TPSA) is 49.3 Å². The first-order valence-corrected chi connectivity index (χ1v) is 5.34. The number of carboxylic acids is 1. The minimum atomic E-state index is -0.874. The van der Waals surface area contributed by atoms with Crippen LogP contribution in [0.15, 0.2) is 18.2 Å². The fourth-order valence-corrected chi connectivity index (χ4v) is 1.74. The van der Waals surface area contributed by atoms with Crippen LogP contribution in [0.1, 0.15) is 28.9 Å². The Morgan fingerprint density at radius 1 is 1.57 bits per heavy atom. The zero-order chi connectivity index (χ0) is 10.7. The number of nitrogens with one attached hydrogen (secondary N) is 1. The van der Waals surface area contributed by atoms with Gasteiger partial charge in [-0.1, -0.05) is 6.07 Å². The van der Waals surface area contributed by atoms with Gasteiger partial charge in [-0.2, -0.15) is 0 Å². The highest BCUT2D eigenvalue weighted by atomic mass is 127. The third kappa shape index (κ3) is 2.45. The molecule has 1 aromatic carbocycles. The van der Waals surface area contributed by atoms with Crippen LogP contribution < -0.4 is 5.32 Å². The Morgan fingerprint density at radius 2 is 2.21 bits per heavy atom. The van der Waals surface area contributed by atoms with Crippen LogP contribution >= 0.6 is 22.6 Å². The molecule has 0 saturated carbocycles. The molecule has 1 unspecified atom stereocenters. The molecule has 4 heteroatoms. The van der Waals surface area contributed by atoms with Crippen molar-refractivity contribution in [2.24, 2.45) is 0 Å². The van der Waals surface area contributed by atoms with Crippen molar-refractivity contribution in [2.75, 3.05) is 7.05 Å². The zero-order valence-corrected chi connectivity index (χ0v) is 10.2. The van der Waals surface area contributed by atoms with E-state index in [9.17, 15) is 4.79 Å². The standard InChI is InChI=1S/C10H12INO2/c1-6(12-2)8-4-3-7(11)5-9(8)10(13)14/h3-6,12H,1-2H3,(H,13,14). The number of rotatable bonds is 3. The SMILES string of the molecule is CNC(C)c1ccc(I)cc1C(=O)O. The molecule has 0 bridgehead atoms. The van der Waals surface area contributed by atoms with Gasteiger partial charge in [0, 0.05) is 9.61 Å². The summed E-state index contributed by atoms with van der Waals surface area (Å²) in [5, 5.41) is 12.0. The van der Waals surface area contributed by atoms with Crippen LogP contribution in [0.25, 0.3) is 0 Å². The fraction of sp³-hybridized carbons (Fsp3) is 0.300. The van der Waals surface area contributed by atoms with Crippen molar-refractivity contribution in [3.05, 3.63) is 32.9 Å². The van der Waals surface area contributed by atoms with E-state index < -0.39 is 5.97 Å². The summed E-state index contributed by atoms with van der Waals surface area (Å²) < 4.78 is 0.937. The summed E-state index contributed by atoms with van der Waals surface area (Å²) in [6, 6.07) is 5.51. The summed E-state index contributed by atoms with van der Waals surface area (Å²) >= 11 is 2.11. The van der Waals surface area contributed by atoms with Crippen LogP contribution in [-0.4, -0.2) is 18.1 Å². The van der Waals surface area contributed by atoms with Crippen molar-refractivity contribution in [1.29, 1.82) is 0 Å². The molecule has 3 nitrogen and oxygen atoms in total. The minimum absolute atomic E-state index is 0.0538. The number of benzene rings is 1. The average Bonchev–Trinajstić information content (AvgIpc) is 2.16. The quantitative estimate of drug-likeness (QED) is 0.842. The van der Waals surface area contributed by atoms with Crippen molar-refractivity contribution in [2.45, 2.75) is 13.0 Å². The lowest BCUT2D eigenvalue weighted by Crippen LogP contribution is -2.16. The summed E-state index contributed by atoms with van der Waals surface area (Å²) in [6.45, 7) is 1.94. The predicted octanol–water partition coefficient (Wildman–Crippen LogP) is 2.27. The first kappa shape index (κ1) is 11.5. The molecule has 0 fully saturated rings. The zero-order valence-electron chi connectivity index (χ0n) is 8.04. The number of carbonyl (C=O) groups is 1. The maximum absolute atomic E-state index is 11.0. The van der Waals surface area contributed by atoms with Crippen LogP contribution in [0.3, 0.4) is 0 Å². The highest BCUT2D eigenvalue weighted by Crippen LogP contribution is 2.20. The largest absolute Gasteiger partial charge is 0.478 e. The molecule has 0 aliphatic rings. The molecule has 0 spiro atoms. The van der Waals surface area contributed by atoms with Crippen molar-refractivity contribution < 1.29 is 9.90 Å². The van der Waals surface area contributed by atoms with Crippen LogP contribution in [0.2, 0.25) is 0 Å². The Kier molecular flexibility index (Phi) is 3.88. The van der Waals surface area contributed by atoms with Crippen molar-refractivity contribution in [1.82, 2.24) is 5.32 Å². The monoisotopic (exact) mass is 305 g/mol. The Labute approximate surface area is 96.7 Å². The fourth-order valence-electron chi connectivity index (χ4n) is 1.25. The molecule has 0 amide bonds. The minimum Gasteiger partial charge on any atom is -0.478 e. The molecule has 0 radical (unpaired) electrons. The van der Waals surface area contributed by atoms with Gasteiger partial charge in [-0.25, -0.2) is 4.79 Å². The molecule has 0 aliphatic heterocycles. The number of carboxylic acid groups (broad SMARTS) is 1. The first-order chi connectivity index (χ1) is 6.56. The molecule has 76 valence electrons. The lowest BCUT2D eigenvalue weighted by Gasteiger charge is -2.13. The predicted molar refractivity (Wildman–Crippen MR) is 63.6 cm³/mol. The van der Waals surface area contributed by atoms with Crippen molar-refractivity contribution in [3.63, 3.8) is 0 Å². The second-order valence-electron chi connectivity index (χ2n) is 3.05. The van der Waals surface area contributed by atoms with Crippen LogP contribution in [0, 0.1) is 3.57 Å². The van der Waals surface area contributed by atoms with Crippen LogP contribution in [0.5, 0.6) is 0 Å². The van der Waals surface area contributed by atoms with E-state index in [2.05, 4.69) is 27.9 Å². The van der Waals surface area contributed by atoms with E-state index in [0.717, 1.165) is 9.13 Å². The van der Waals surface area contributed by atoms with Gasteiger partial charge in [0.15, 0.2) is 0 Å². The third-order valence-corrected chi connectivity index (χ3v) is 2.82. The molecule has 2 N–H and O–H groups in total. The van der Waals surface area contributed by atoms with Gasteiger partial charge in [0.1, 0.15) is 0 Å². The summed E-state index contributed by atoms with van der Waals surface area (Å²) in [7, 11) is 1.81. The number of halogens is 1. The maximum atomic E-state index is 11.0. The van der Waals surface area contributed by atoms with E-state index in [1.54, 1.807) is 6.07 Å². The molecular weight excluding hydrogens is 293 g/mol. The molecule has 1 atom stereocenters.